The monoisotopic (exact) mass is 319 g/mol. The van der Waals surface area contributed by atoms with Crippen molar-refractivity contribution < 1.29 is 9.90 Å². The van der Waals surface area contributed by atoms with Crippen LogP contribution in [0.5, 0.6) is 0 Å². The quantitative estimate of drug-likeness (QED) is 0.897. The molecule has 0 aliphatic carbocycles. The molecule has 5 nitrogen and oxygen atoms in total. The summed E-state index contributed by atoms with van der Waals surface area (Å²) < 4.78 is 1.75. The molecule has 7 heteroatoms. The number of nitrogens with zero attached hydrogens (tertiary/aromatic N) is 2. The summed E-state index contributed by atoms with van der Waals surface area (Å²) in [6, 6.07) is 1.63. The Bertz CT molecular complexity index is 490. The van der Waals surface area contributed by atoms with E-state index >= 15 is 0 Å². The predicted molar refractivity (Wildman–Crippen MR) is 79.1 cm³/mol. The zero-order chi connectivity index (χ0) is 14.7. The second kappa shape index (κ2) is 6.70. The Labute approximate surface area is 128 Å². The first-order valence-electron chi connectivity index (χ1n) is 6.66. The van der Waals surface area contributed by atoms with Crippen LogP contribution in [0.2, 0.25) is 10.2 Å². The number of likely N-dealkylation sites (tertiary alicyclic amines) is 1. The SMILES string of the molecule is Cn1c(CNC(=O)N2CCCC(CO)C2)cc(Cl)c1Cl. The van der Waals surface area contributed by atoms with E-state index in [1.807, 2.05) is 0 Å². The van der Waals surface area contributed by atoms with Crippen molar-refractivity contribution >= 4 is 29.2 Å². The lowest BCUT2D eigenvalue weighted by molar-refractivity contribution is 0.129. The van der Waals surface area contributed by atoms with Crippen LogP contribution >= 0.6 is 23.2 Å². The maximum Gasteiger partial charge on any atom is 0.317 e. The van der Waals surface area contributed by atoms with Gasteiger partial charge in [-0.15, -0.1) is 0 Å². The fourth-order valence-electron chi connectivity index (χ4n) is 2.44. The van der Waals surface area contributed by atoms with Gasteiger partial charge in [-0.2, -0.15) is 0 Å². The largest absolute Gasteiger partial charge is 0.396 e. The number of aromatic nitrogens is 1. The van der Waals surface area contributed by atoms with Gasteiger partial charge in [0.15, 0.2) is 0 Å². The topological polar surface area (TPSA) is 57.5 Å². The summed E-state index contributed by atoms with van der Waals surface area (Å²) >= 11 is 11.9. The van der Waals surface area contributed by atoms with Gasteiger partial charge in [0.1, 0.15) is 5.15 Å². The normalized spacial score (nSPS) is 19.2. The first-order chi connectivity index (χ1) is 9.52. The number of carbonyl (C=O) groups is 1. The third kappa shape index (κ3) is 3.40. The molecule has 1 aliphatic heterocycles. The summed E-state index contributed by atoms with van der Waals surface area (Å²) in [5.74, 6) is 0.188. The number of aliphatic hydroxyl groups is 1. The van der Waals surface area contributed by atoms with Gasteiger partial charge in [0.25, 0.3) is 0 Å². The van der Waals surface area contributed by atoms with E-state index in [4.69, 9.17) is 23.2 Å². The maximum atomic E-state index is 12.1. The molecule has 1 atom stereocenters. The number of rotatable bonds is 3. The lowest BCUT2D eigenvalue weighted by Crippen LogP contribution is -2.46. The number of hydrogen-bond donors (Lipinski definition) is 2. The molecule has 0 spiro atoms. The summed E-state index contributed by atoms with van der Waals surface area (Å²) in [5, 5.41) is 13.0. The summed E-state index contributed by atoms with van der Waals surface area (Å²) in [4.78, 5) is 13.8. The Morgan fingerprint density at radius 1 is 1.55 bits per heavy atom. The maximum absolute atomic E-state index is 12.1. The van der Waals surface area contributed by atoms with Gasteiger partial charge in [0.2, 0.25) is 0 Å². The smallest absolute Gasteiger partial charge is 0.317 e. The Morgan fingerprint density at radius 2 is 2.30 bits per heavy atom. The zero-order valence-corrected chi connectivity index (χ0v) is 12.9. The van der Waals surface area contributed by atoms with Gasteiger partial charge in [-0.3, -0.25) is 0 Å². The van der Waals surface area contributed by atoms with E-state index in [1.54, 1.807) is 22.6 Å². The molecule has 1 unspecified atom stereocenters. The molecule has 1 aromatic heterocycles. The summed E-state index contributed by atoms with van der Waals surface area (Å²) in [6.07, 6.45) is 1.91. The first kappa shape index (κ1) is 15.5. The fourth-order valence-corrected chi connectivity index (χ4v) is 2.85. The predicted octanol–water partition coefficient (Wildman–Crippen LogP) is 2.25. The summed E-state index contributed by atoms with van der Waals surface area (Å²) in [6.45, 7) is 1.85. The lowest BCUT2D eigenvalue weighted by atomic mass is 9.99. The highest BCUT2D eigenvalue weighted by Gasteiger charge is 2.23. The van der Waals surface area contributed by atoms with Crippen LogP contribution in [0.4, 0.5) is 4.79 Å². The van der Waals surface area contributed by atoms with E-state index in [0.717, 1.165) is 25.1 Å². The molecule has 0 radical (unpaired) electrons. The number of carbonyl (C=O) groups excluding carboxylic acids is 1. The zero-order valence-electron chi connectivity index (χ0n) is 11.4. The molecule has 0 saturated carbocycles. The van der Waals surface area contributed by atoms with E-state index in [0.29, 0.717) is 23.3 Å². The standard InChI is InChI=1S/C13H19Cl2N3O2/c1-17-10(5-11(14)12(17)15)6-16-13(20)18-4-2-3-9(7-18)8-19/h5,9,19H,2-4,6-8H2,1H3,(H,16,20). The fraction of sp³-hybridized carbons (Fsp3) is 0.615. The molecular formula is C13H19Cl2N3O2. The molecule has 0 bridgehead atoms. The van der Waals surface area contributed by atoms with Crippen molar-refractivity contribution in [2.75, 3.05) is 19.7 Å². The Hall–Kier alpha value is -0.910. The molecule has 1 aromatic rings. The highest BCUT2D eigenvalue weighted by atomic mass is 35.5. The van der Waals surface area contributed by atoms with Gasteiger partial charge in [-0.25, -0.2) is 4.79 Å². The van der Waals surface area contributed by atoms with Gasteiger partial charge in [0, 0.05) is 32.4 Å². The van der Waals surface area contributed by atoms with Gasteiger partial charge in [-0.1, -0.05) is 23.2 Å². The third-order valence-electron chi connectivity index (χ3n) is 3.70. The molecular weight excluding hydrogens is 301 g/mol. The highest BCUT2D eigenvalue weighted by Crippen LogP contribution is 2.25. The molecule has 1 aliphatic rings. The minimum Gasteiger partial charge on any atom is -0.396 e. The average molecular weight is 320 g/mol. The average Bonchev–Trinajstić information content (AvgIpc) is 2.72. The lowest BCUT2D eigenvalue weighted by Gasteiger charge is -2.31. The van der Waals surface area contributed by atoms with Crippen LogP contribution in [0.25, 0.3) is 0 Å². The minimum atomic E-state index is -0.114. The van der Waals surface area contributed by atoms with E-state index in [9.17, 15) is 9.90 Å². The van der Waals surface area contributed by atoms with Crippen molar-refractivity contribution in [3.63, 3.8) is 0 Å². The number of nitrogens with one attached hydrogen (secondary N) is 1. The summed E-state index contributed by atoms with van der Waals surface area (Å²) in [5.41, 5.74) is 0.851. The van der Waals surface area contributed by atoms with Gasteiger partial charge in [0.05, 0.1) is 11.6 Å². The number of halogens is 2. The summed E-state index contributed by atoms with van der Waals surface area (Å²) in [7, 11) is 1.80. The molecule has 2 rings (SSSR count). The second-order valence-corrected chi connectivity index (χ2v) is 5.89. The molecule has 2 N–H and O–H groups in total. The second-order valence-electron chi connectivity index (χ2n) is 5.13. The molecule has 20 heavy (non-hydrogen) atoms. The van der Waals surface area contributed by atoms with Crippen LogP contribution in [0.1, 0.15) is 18.5 Å². The van der Waals surface area contributed by atoms with Crippen molar-refractivity contribution in [2.45, 2.75) is 19.4 Å². The molecule has 0 aromatic carbocycles. The number of aliphatic hydroxyl groups excluding tert-OH is 1. The van der Waals surface area contributed by atoms with E-state index < -0.39 is 0 Å². The minimum absolute atomic E-state index is 0.114. The Balaban J connectivity index is 1.90. The molecule has 1 saturated heterocycles. The van der Waals surface area contributed by atoms with Crippen molar-refractivity contribution in [3.8, 4) is 0 Å². The van der Waals surface area contributed by atoms with Crippen LogP contribution in [-0.4, -0.2) is 40.3 Å². The van der Waals surface area contributed by atoms with Gasteiger partial charge in [-0.05, 0) is 24.8 Å². The molecule has 2 heterocycles. The van der Waals surface area contributed by atoms with E-state index in [-0.39, 0.29) is 18.6 Å². The van der Waals surface area contributed by atoms with Gasteiger partial charge < -0.3 is 19.9 Å². The van der Waals surface area contributed by atoms with E-state index in [2.05, 4.69) is 5.32 Å². The number of urea groups is 1. The van der Waals surface area contributed by atoms with Crippen molar-refractivity contribution in [1.82, 2.24) is 14.8 Å². The van der Waals surface area contributed by atoms with Crippen LogP contribution in [-0.2, 0) is 13.6 Å². The van der Waals surface area contributed by atoms with Gasteiger partial charge >= 0.3 is 6.03 Å². The number of amides is 2. The number of hydrogen-bond acceptors (Lipinski definition) is 2. The Morgan fingerprint density at radius 3 is 2.90 bits per heavy atom. The van der Waals surface area contributed by atoms with Crippen molar-refractivity contribution in [1.29, 1.82) is 0 Å². The van der Waals surface area contributed by atoms with Crippen LogP contribution < -0.4 is 5.32 Å². The molecule has 2 amide bonds. The van der Waals surface area contributed by atoms with E-state index in [1.165, 1.54) is 0 Å². The molecule has 112 valence electrons. The third-order valence-corrected chi connectivity index (χ3v) is 4.54. The van der Waals surface area contributed by atoms with Crippen LogP contribution in [0.15, 0.2) is 6.07 Å². The van der Waals surface area contributed by atoms with Crippen molar-refractivity contribution in [2.24, 2.45) is 13.0 Å². The Kier molecular flexibility index (Phi) is 5.18. The number of piperidine rings is 1. The van der Waals surface area contributed by atoms with Crippen LogP contribution in [0.3, 0.4) is 0 Å². The molecule has 1 fully saturated rings. The van der Waals surface area contributed by atoms with Crippen LogP contribution in [0, 0.1) is 5.92 Å². The van der Waals surface area contributed by atoms with Crippen molar-refractivity contribution in [3.05, 3.63) is 21.9 Å². The highest BCUT2D eigenvalue weighted by molar-refractivity contribution is 6.41. The first-order valence-corrected chi connectivity index (χ1v) is 7.41.